The SMILES string of the molecule is NS(=O)(=O)c1ccccc1Nc1ncc(Cl)c(N2C[C@@H](CO)OC3(CCC3)C2)n1. The number of primary sulfonamides is 1. The molecule has 29 heavy (non-hydrogen) atoms. The highest BCUT2D eigenvalue weighted by molar-refractivity contribution is 7.89. The van der Waals surface area contributed by atoms with Gasteiger partial charge in [0, 0.05) is 13.1 Å². The molecule has 1 spiro atoms. The summed E-state index contributed by atoms with van der Waals surface area (Å²) in [5.74, 6) is 0.695. The molecule has 1 aliphatic carbocycles. The molecule has 2 aliphatic rings. The van der Waals surface area contributed by atoms with E-state index in [4.69, 9.17) is 21.5 Å². The summed E-state index contributed by atoms with van der Waals surface area (Å²) < 4.78 is 29.7. The van der Waals surface area contributed by atoms with Gasteiger partial charge >= 0.3 is 0 Å². The minimum Gasteiger partial charge on any atom is -0.394 e. The number of hydrogen-bond acceptors (Lipinski definition) is 8. The molecule has 4 N–H and O–H groups in total. The molecule has 1 aliphatic heterocycles. The van der Waals surface area contributed by atoms with Gasteiger partial charge in [-0.15, -0.1) is 0 Å². The summed E-state index contributed by atoms with van der Waals surface area (Å²) in [4.78, 5) is 10.6. The van der Waals surface area contributed by atoms with E-state index in [2.05, 4.69) is 15.3 Å². The number of anilines is 3. The maximum atomic E-state index is 11.8. The quantitative estimate of drug-likeness (QED) is 0.640. The molecule has 1 aromatic carbocycles. The van der Waals surface area contributed by atoms with E-state index >= 15 is 0 Å². The normalized spacial score (nSPS) is 21.1. The third-order valence-corrected chi connectivity index (χ3v) is 6.49. The molecule has 2 aromatic rings. The molecule has 0 amide bonds. The summed E-state index contributed by atoms with van der Waals surface area (Å²) in [5, 5.41) is 18.2. The first-order valence-electron chi connectivity index (χ1n) is 9.25. The number of aliphatic hydroxyl groups is 1. The molecule has 1 atom stereocenters. The Morgan fingerprint density at radius 3 is 2.79 bits per heavy atom. The smallest absolute Gasteiger partial charge is 0.240 e. The summed E-state index contributed by atoms with van der Waals surface area (Å²) in [7, 11) is -3.91. The highest BCUT2D eigenvalue weighted by Gasteiger charge is 2.45. The molecule has 0 bridgehead atoms. The standard InChI is InChI=1S/C18H22ClN5O4S/c19-13-8-21-17(22-14-4-1-2-5-15(14)29(20,26)27)23-16(13)24-9-12(10-25)28-18(11-24)6-3-7-18/h1-2,4-5,8,12,25H,3,6-7,9-11H2,(H2,20,26,27)(H,21,22,23)/t12-/m0/s1. The van der Waals surface area contributed by atoms with E-state index in [0.717, 1.165) is 19.3 Å². The van der Waals surface area contributed by atoms with Gasteiger partial charge < -0.3 is 20.1 Å². The Morgan fingerprint density at radius 2 is 2.14 bits per heavy atom. The second kappa shape index (κ2) is 7.69. The first-order valence-corrected chi connectivity index (χ1v) is 11.2. The van der Waals surface area contributed by atoms with Gasteiger partial charge in [0.1, 0.15) is 9.92 Å². The largest absolute Gasteiger partial charge is 0.394 e. The van der Waals surface area contributed by atoms with Crippen LogP contribution in [0.25, 0.3) is 0 Å². The topological polar surface area (TPSA) is 131 Å². The van der Waals surface area contributed by atoms with Crippen molar-refractivity contribution in [3.05, 3.63) is 35.5 Å². The minimum atomic E-state index is -3.91. The van der Waals surface area contributed by atoms with Gasteiger partial charge in [-0.05, 0) is 31.4 Å². The van der Waals surface area contributed by atoms with Gasteiger partial charge in [-0.1, -0.05) is 23.7 Å². The van der Waals surface area contributed by atoms with Crippen LogP contribution in [-0.4, -0.2) is 54.9 Å². The molecule has 4 rings (SSSR count). The number of nitrogens with one attached hydrogen (secondary N) is 1. The number of halogens is 1. The van der Waals surface area contributed by atoms with Crippen molar-refractivity contribution < 1.29 is 18.3 Å². The summed E-state index contributed by atoms with van der Waals surface area (Å²) >= 11 is 6.37. The van der Waals surface area contributed by atoms with Crippen LogP contribution in [0.4, 0.5) is 17.5 Å². The van der Waals surface area contributed by atoms with Crippen molar-refractivity contribution in [1.82, 2.24) is 9.97 Å². The van der Waals surface area contributed by atoms with Gasteiger partial charge in [0.05, 0.1) is 30.2 Å². The van der Waals surface area contributed by atoms with Crippen molar-refractivity contribution in [3.63, 3.8) is 0 Å². The van der Waals surface area contributed by atoms with Gasteiger partial charge in [0.25, 0.3) is 0 Å². The Labute approximate surface area is 173 Å². The molecule has 2 fully saturated rings. The zero-order valence-electron chi connectivity index (χ0n) is 15.6. The number of nitrogens with two attached hydrogens (primary N) is 1. The van der Waals surface area contributed by atoms with Crippen LogP contribution in [0, 0.1) is 0 Å². The number of morpholine rings is 1. The van der Waals surface area contributed by atoms with E-state index in [1.54, 1.807) is 18.2 Å². The monoisotopic (exact) mass is 439 g/mol. The molecule has 2 heterocycles. The second-order valence-corrected chi connectivity index (χ2v) is 9.31. The lowest BCUT2D eigenvalue weighted by molar-refractivity contribution is -0.159. The number of aromatic nitrogens is 2. The van der Waals surface area contributed by atoms with Crippen LogP contribution in [0.15, 0.2) is 35.4 Å². The average Bonchev–Trinajstić information content (AvgIpc) is 2.67. The Bertz CT molecular complexity index is 1020. The van der Waals surface area contributed by atoms with Crippen molar-refractivity contribution in [2.45, 2.75) is 35.9 Å². The zero-order valence-corrected chi connectivity index (χ0v) is 17.2. The minimum absolute atomic E-state index is 0.0553. The van der Waals surface area contributed by atoms with Crippen LogP contribution in [-0.2, 0) is 14.8 Å². The number of hydrogen-bond donors (Lipinski definition) is 3. The van der Waals surface area contributed by atoms with Crippen LogP contribution in [0.5, 0.6) is 0 Å². The Kier molecular flexibility index (Phi) is 5.38. The zero-order chi connectivity index (χ0) is 20.6. The van der Waals surface area contributed by atoms with Crippen molar-refractivity contribution in [2.75, 3.05) is 29.9 Å². The van der Waals surface area contributed by atoms with Crippen LogP contribution < -0.4 is 15.4 Å². The van der Waals surface area contributed by atoms with Gasteiger partial charge in [0.15, 0.2) is 5.82 Å². The summed E-state index contributed by atoms with van der Waals surface area (Å²) in [5.41, 5.74) is -0.0118. The number of benzene rings is 1. The van der Waals surface area contributed by atoms with Crippen LogP contribution in [0.3, 0.4) is 0 Å². The average molecular weight is 440 g/mol. The first-order chi connectivity index (χ1) is 13.8. The third-order valence-electron chi connectivity index (χ3n) is 5.25. The molecule has 1 saturated carbocycles. The van der Waals surface area contributed by atoms with Crippen LogP contribution in [0.1, 0.15) is 19.3 Å². The van der Waals surface area contributed by atoms with Crippen LogP contribution >= 0.6 is 11.6 Å². The number of ether oxygens (including phenoxy) is 1. The molecule has 0 unspecified atom stereocenters. The lowest BCUT2D eigenvalue weighted by Gasteiger charge is -2.51. The predicted octanol–water partition coefficient (Wildman–Crippen LogP) is 1.64. The van der Waals surface area contributed by atoms with Gasteiger partial charge in [-0.3, -0.25) is 0 Å². The first kappa shape index (κ1) is 20.3. The van der Waals surface area contributed by atoms with Crippen molar-refractivity contribution >= 4 is 39.1 Å². The third kappa shape index (κ3) is 4.17. The fourth-order valence-corrected chi connectivity index (χ4v) is 4.67. The number of para-hydroxylation sites is 1. The number of rotatable bonds is 5. The lowest BCUT2D eigenvalue weighted by atomic mass is 9.78. The van der Waals surface area contributed by atoms with E-state index in [-0.39, 0.29) is 34.8 Å². The Balaban J connectivity index is 1.64. The highest BCUT2D eigenvalue weighted by Crippen LogP contribution is 2.41. The molecule has 0 radical (unpaired) electrons. The summed E-state index contributed by atoms with van der Waals surface area (Å²) in [6.45, 7) is 0.976. The van der Waals surface area contributed by atoms with Gasteiger partial charge in [-0.2, -0.15) is 4.98 Å². The van der Waals surface area contributed by atoms with E-state index < -0.39 is 10.0 Å². The maximum Gasteiger partial charge on any atom is 0.240 e. The van der Waals surface area contributed by atoms with Crippen molar-refractivity contribution in [2.24, 2.45) is 5.14 Å². The molecule has 11 heteroatoms. The Morgan fingerprint density at radius 1 is 1.38 bits per heavy atom. The van der Waals surface area contributed by atoms with Crippen molar-refractivity contribution in [1.29, 1.82) is 0 Å². The van der Waals surface area contributed by atoms with Gasteiger partial charge in [0.2, 0.25) is 16.0 Å². The molecular formula is C18H22ClN5O4S. The van der Waals surface area contributed by atoms with Crippen LogP contribution in [0.2, 0.25) is 5.02 Å². The van der Waals surface area contributed by atoms with E-state index in [1.165, 1.54) is 12.3 Å². The summed E-state index contributed by atoms with van der Waals surface area (Å²) in [6, 6.07) is 6.25. The van der Waals surface area contributed by atoms with E-state index in [0.29, 0.717) is 23.9 Å². The Hall–Kier alpha value is -1.98. The predicted molar refractivity (Wildman–Crippen MR) is 109 cm³/mol. The maximum absolute atomic E-state index is 11.8. The van der Waals surface area contributed by atoms with Crippen molar-refractivity contribution in [3.8, 4) is 0 Å². The van der Waals surface area contributed by atoms with E-state index in [1.807, 2.05) is 4.90 Å². The number of aliphatic hydroxyl groups excluding tert-OH is 1. The number of sulfonamides is 1. The molecule has 1 saturated heterocycles. The van der Waals surface area contributed by atoms with Gasteiger partial charge in [-0.25, -0.2) is 18.5 Å². The molecule has 156 valence electrons. The molecule has 9 nitrogen and oxygen atoms in total. The lowest BCUT2D eigenvalue weighted by Crippen LogP contribution is -2.60. The second-order valence-electron chi connectivity index (χ2n) is 7.37. The van der Waals surface area contributed by atoms with E-state index in [9.17, 15) is 13.5 Å². The fraction of sp³-hybridized carbons (Fsp3) is 0.444. The molecule has 1 aromatic heterocycles. The number of nitrogens with zero attached hydrogens (tertiary/aromatic N) is 3. The molecular weight excluding hydrogens is 418 g/mol. The highest BCUT2D eigenvalue weighted by atomic mass is 35.5. The summed E-state index contributed by atoms with van der Waals surface area (Å²) in [6.07, 6.45) is 4.07. The fourth-order valence-electron chi connectivity index (χ4n) is 3.77.